The van der Waals surface area contributed by atoms with Crippen LogP contribution in [0.5, 0.6) is 0 Å². The smallest absolute Gasteiger partial charge is 0.255 e. The van der Waals surface area contributed by atoms with Crippen molar-refractivity contribution in [2.45, 2.75) is 13.0 Å². The van der Waals surface area contributed by atoms with Gasteiger partial charge in [-0.3, -0.25) is 14.6 Å². The molecule has 36 heavy (non-hydrogen) atoms. The Morgan fingerprint density at radius 1 is 0.750 bits per heavy atom. The SMILES string of the molecule is CN(C)CCc1ccc(NC(=O)c2cccc(CNC(=O)c3ccc(-c4ccncc4)cc3)c2)cc1. The third kappa shape index (κ3) is 6.87. The van der Waals surface area contributed by atoms with Crippen LogP contribution in [0.2, 0.25) is 0 Å². The van der Waals surface area contributed by atoms with Gasteiger partial charge in [0.2, 0.25) is 0 Å². The lowest BCUT2D eigenvalue weighted by Crippen LogP contribution is -2.23. The molecule has 4 rings (SSSR count). The van der Waals surface area contributed by atoms with E-state index in [1.807, 2.05) is 60.7 Å². The highest BCUT2D eigenvalue weighted by atomic mass is 16.2. The summed E-state index contributed by atoms with van der Waals surface area (Å²) >= 11 is 0. The molecule has 0 saturated heterocycles. The van der Waals surface area contributed by atoms with Gasteiger partial charge < -0.3 is 15.5 Å². The number of carbonyl (C=O) groups is 2. The molecule has 0 atom stereocenters. The number of nitrogens with one attached hydrogen (secondary N) is 2. The fourth-order valence-corrected chi connectivity index (χ4v) is 3.78. The minimum atomic E-state index is -0.184. The van der Waals surface area contributed by atoms with Crippen molar-refractivity contribution in [3.8, 4) is 11.1 Å². The Hall–Kier alpha value is -4.29. The molecule has 2 amide bonds. The average molecular weight is 479 g/mol. The van der Waals surface area contributed by atoms with Crippen LogP contribution in [0, 0.1) is 0 Å². The summed E-state index contributed by atoms with van der Waals surface area (Å²) in [5.74, 6) is -0.351. The highest BCUT2D eigenvalue weighted by Gasteiger charge is 2.09. The monoisotopic (exact) mass is 478 g/mol. The molecule has 0 spiro atoms. The van der Waals surface area contributed by atoms with Crippen molar-refractivity contribution in [2.75, 3.05) is 26.0 Å². The quantitative estimate of drug-likeness (QED) is 0.354. The average Bonchev–Trinajstić information content (AvgIpc) is 2.92. The summed E-state index contributed by atoms with van der Waals surface area (Å²) in [4.78, 5) is 31.6. The maximum atomic E-state index is 12.8. The van der Waals surface area contributed by atoms with E-state index in [4.69, 9.17) is 0 Å². The molecule has 1 aromatic heterocycles. The predicted octanol–water partition coefficient (Wildman–Crippen LogP) is 5.04. The first-order valence-electron chi connectivity index (χ1n) is 11.9. The molecule has 182 valence electrons. The number of anilines is 1. The number of rotatable bonds is 9. The van der Waals surface area contributed by atoms with Crippen LogP contribution in [0.4, 0.5) is 5.69 Å². The van der Waals surface area contributed by atoms with Crippen molar-refractivity contribution < 1.29 is 9.59 Å². The summed E-state index contributed by atoms with van der Waals surface area (Å²) in [6.45, 7) is 1.30. The largest absolute Gasteiger partial charge is 0.348 e. The van der Waals surface area contributed by atoms with Crippen LogP contribution in [0.15, 0.2) is 97.3 Å². The summed E-state index contributed by atoms with van der Waals surface area (Å²) in [5, 5.41) is 5.88. The summed E-state index contributed by atoms with van der Waals surface area (Å²) in [6, 6.07) is 26.5. The maximum absolute atomic E-state index is 12.8. The summed E-state index contributed by atoms with van der Waals surface area (Å²) in [7, 11) is 4.10. The van der Waals surface area contributed by atoms with Gasteiger partial charge in [-0.15, -0.1) is 0 Å². The van der Waals surface area contributed by atoms with Crippen molar-refractivity contribution in [2.24, 2.45) is 0 Å². The lowest BCUT2D eigenvalue weighted by atomic mass is 10.0. The number of hydrogen-bond acceptors (Lipinski definition) is 4. The predicted molar refractivity (Wildman–Crippen MR) is 144 cm³/mol. The second kappa shape index (κ2) is 11.9. The fraction of sp³-hybridized carbons (Fsp3) is 0.167. The molecule has 0 unspecified atom stereocenters. The third-order valence-corrected chi connectivity index (χ3v) is 5.86. The van der Waals surface area contributed by atoms with E-state index in [1.165, 1.54) is 5.56 Å². The number of carbonyl (C=O) groups excluding carboxylic acids is 2. The first kappa shape index (κ1) is 24.8. The van der Waals surface area contributed by atoms with Gasteiger partial charge in [0, 0.05) is 42.3 Å². The van der Waals surface area contributed by atoms with Gasteiger partial charge in [-0.1, -0.05) is 36.4 Å². The van der Waals surface area contributed by atoms with E-state index in [0.29, 0.717) is 17.7 Å². The van der Waals surface area contributed by atoms with E-state index in [0.717, 1.165) is 35.3 Å². The van der Waals surface area contributed by atoms with Crippen LogP contribution in [0.3, 0.4) is 0 Å². The van der Waals surface area contributed by atoms with Crippen LogP contribution in [-0.4, -0.2) is 42.3 Å². The topological polar surface area (TPSA) is 74.3 Å². The molecular formula is C30H30N4O2. The Balaban J connectivity index is 1.32. The summed E-state index contributed by atoms with van der Waals surface area (Å²) in [6.07, 6.45) is 4.45. The van der Waals surface area contributed by atoms with Crippen molar-refractivity contribution in [3.63, 3.8) is 0 Å². The molecule has 0 bridgehead atoms. The molecule has 2 N–H and O–H groups in total. The van der Waals surface area contributed by atoms with Crippen LogP contribution >= 0.6 is 0 Å². The first-order chi connectivity index (χ1) is 17.5. The van der Waals surface area contributed by atoms with Crippen LogP contribution in [0.1, 0.15) is 31.8 Å². The van der Waals surface area contributed by atoms with E-state index in [1.54, 1.807) is 36.7 Å². The number of pyridine rings is 1. The number of benzene rings is 3. The number of hydrogen-bond donors (Lipinski definition) is 2. The van der Waals surface area contributed by atoms with Crippen molar-refractivity contribution in [1.82, 2.24) is 15.2 Å². The van der Waals surface area contributed by atoms with Gasteiger partial charge in [0.15, 0.2) is 0 Å². The van der Waals surface area contributed by atoms with Crippen molar-refractivity contribution in [3.05, 3.63) is 120 Å². The van der Waals surface area contributed by atoms with E-state index in [2.05, 4.69) is 34.6 Å². The standard InChI is InChI=1S/C30H30N4O2/c1-34(2)19-16-22-6-12-28(13-7-22)33-30(36)27-5-3-4-23(20-27)21-32-29(35)26-10-8-24(9-11-26)25-14-17-31-18-15-25/h3-15,17-18,20H,16,19,21H2,1-2H3,(H,32,35)(H,33,36). The minimum Gasteiger partial charge on any atom is -0.348 e. The zero-order valence-electron chi connectivity index (χ0n) is 20.6. The lowest BCUT2D eigenvalue weighted by molar-refractivity contribution is 0.0950. The Morgan fingerprint density at radius 2 is 1.44 bits per heavy atom. The van der Waals surface area contributed by atoms with Crippen molar-refractivity contribution in [1.29, 1.82) is 0 Å². The zero-order valence-corrected chi connectivity index (χ0v) is 20.6. The molecule has 6 heteroatoms. The van der Waals surface area contributed by atoms with Gasteiger partial charge in [-0.2, -0.15) is 0 Å². The van der Waals surface area contributed by atoms with Gasteiger partial charge in [-0.05, 0) is 91.3 Å². The Morgan fingerprint density at radius 3 is 2.14 bits per heavy atom. The Kier molecular flexibility index (Phi) is 8.21. The normalized spacial score (nSPS) is 10.8. The number of amides is 2. The third-order valence-electron chi connectivity index (χ3n) is 5.86. The highest BCUT2D eigenvalue weighted by Crippen LogP contribution is 2.19. The number of likely N-dealkylation sites (N-methyl/N-ethyl adjacent to an activating group) is 1. The molecule has 3 aromatic carbocycles. The maximum Gasteiger partial charge on any atom is 0.255 e. The van der Waals surface area contributed by atoms with E-state index < -0.39 is 0 Å². The lowest BCUT2D eigenvalue weighted by Gasteiger charge is -2.11. The molecule has 4 aromatic rings. The Bertz CT molecular complexity index is 1300. The zero-order chi connectivity index (χ0) is 25.3. The first-order valence-corrected chi connectivity index (χ1v) is 11.9. The summed E-state index contributed by atoms with van der Waals surface area (Å²) in [5.41, 5.74) is 6.02. The molecule has 0 saturated carbocycles. The highest BCUT2D eigenvalue weighted by molar-refractivity contribution is 6.04. The van der Waals surface area contributed by atoms with Gasteiger partial charge in [-0.25, -0.2) is 0 Å². The molecule has 0 radical (unpaired) electrons. The second-order valence-corrected chi connectivity index (χ2v) is 8.90. The van der Waals surface area contributed by atoms with Gasteiger partial charge >= 0.3 is 0 Å². The molecule has 0 aliphatic rings. The van der Waals surface area contributed by atoms with Gasteiger partial charge in [0.1, 0.15) is 0 Å². The molecule has 0 fully saturated rings. The molecular weight excluding hydrogens is 448 g/mol. The van der Waals surface area contributed by atoms with E-state index >= 15 is 0 Å². The number of nitrogens with zero attached hydrogens (tertiary/aromatic N) is 2. The van der Waals surface area contributed by atoms with Crippen LogP contribution < -0.4 is 10.6 Å². The number of aromatic nitrogens is 1. The molecule has 6 nitrogen and oxygen atoms in total. The molecule has 0 aliphatic carbocycles. The minimum absolute atomic E-state index is 0.166. The van der Waals surface area contributed by atoms with Gasteiger partial charge in [0.25, 0.3) is 11.8 Å². The summed E-state index contributed by atoms with van der Waals surface area (Å²) < 4.78 is 0. The van der Waals surface area contributed by atoms with Crippen LogP contribution in [0.25, 0.3) is 11.1 Å². The van der Waals surface area contributed by atoms with Gasteiger partial charge in [0.05, 0.1) is 0 Å². The molecule has 0 aliphatic heterocycles. The van der Waals surface area contributed by atoms with Crippen molar-refractivity contribution >= 4 is 17.5 Å². The Labute approximate surface area is 212 Å². The van der Waals surface area contributed by atoms with E-state index in [9.17, 15) is 9.59 Å². The molecule has 1 heterocycles. The second-order valence-electron chi connectivity index (χ2n) is 8.90. The fourth-order valence-electron chi connectivity index (χ4n) is 3.78. The van der Waals surface area contributed by atoms with E-state index in [-0.39, 0.29) is 11.8 Å². The van der Waals surface area contributed by atoms with Crippen LogP contribution in [-0.2, 0) is 13.0 Å².